The lowest BCUT2D eigenvalue weighted by Gasteiger charge is -2.16. The fourth-order valence-corrected chi connectivity index (χ4v) is 2.78. The van der Waals surface area contributed by atoms with Crippen LogP contribution in [0.15, 0.2) is 22.9 Å². The topological polar surface area (TPSA) is 20.5 Å². The Morgan fingerprint density at radius 2 is 2.29 bits per heavy atom. The van der Waals surface area contributed by atoms with Gasteiger partial charge in [0.1, 0.15) is 11.5 Å². The maximum atomic E-state index is 13.4. The van der Waals surface area contributed by atoms with Gasteiger partial charge in [0, 0.05) is 18.5 Å². The molecule has 2 aromatic rings. The lowest BCUT2D eigenvalue weighted by atomic mass is 10.2. The minimum atomic E-state index is -0.269. The van der Waals surface area contributed by atoms with Crippen molar-refractivity contribution >= 4 is 21.6 Å². The summed E-state index contributed by atoms with van der Waals surface area (Å²) in [4.78, 5) is 6.81. The number of halogens is 2. The number of aromatic nitrogens is 2. The summed E-state index contributed by atoms with van der Waals surface area (Å²) in [5.41, 5.74) is 1.70. The molecule has 0 aliphatic carbocycles. The van der Waals surface area contributed by atoms with Gasteiger partial charge in [-0.25, -0.2) is 9.37 Å². The highest BCUT2D eigenvalue weighted by Gasteiger charge is 2.24. The molecule has 0 spiro atoms. The molecule has 1 saturated heterocycles. The molecular formula is C12H13BrFN3. The predicted molar refractivity (Wildman–Crippen MR) is 67.5 cm³/mol. The monoisotopic (exact) mass is 297 g/mol. The quantitative estimate of drug-likeness (QED) is 0.807. The van der Waals surface area contributed by atoms with Crippen molar-refractivity contribution in [2.75, 3.05) is 13.6 Å². The van der Waals surface area contributed by atoms with Gasteiger partial charge in [0.25, 0.3) is 0 Å². The lowest BCUT2D eigenvalue weighted by Crippen LogP contribution is -2.17. The Morgan fingerprint density at radius 3 is 3.00 bits per heavy atom. The Kier molecular flexibility index (Phi) is 2.67. The molecule has 1 fully saturated rings. The van der Waals surface area contributed by atoms with Gasteiger partial charge in [-0.05, 0) is 42.4 Å². The van der Waals surface area contributed by atoms with Crippen LogP contribution in [0.3, 0.4) is 0 Å². The molecule has 0 unspecified atom stereocenters. The number of imidazole rings is 1. The highest BCUT2D eigenvalue weighted by Crippen LogP contribution is 2.30. The number of hydrogen-bond donors (Lipinski definition) is 0. The Morgan fingerprint density at radius 1 is 1.47 bits per heavy atom. The maximum absolute atomic E-state index is 13.4. The molecule has 0 bridgehead atoms. The van der Waals surface area contributed by atoms with E-state index in [4.69, 9.17) is 0 Å². The first kappa shape index (κ1) is 11.2. The molecule has 2 aromatic heterocycles. The van der Waals surface area contributed by atoms with Crippen LogP contribution < -0.4 is 0 Å². The summed E-state index contributed by atoms with van der Waals surface area (Å²) in [5, 5.41) is 0. The van der Waals surface area contributed by atoms with Crippen molar-refractivity contribution in [3.05, 3.63) is 34.4 Å². The van der Waals surface area contributed by atoms with Crippen LogP contribution >= 0.6 is 15.9 Å². The van der Waals surface area contributed by atoms with Gasteiger partial charge in [0.05, 0.1) is 16.2 Å². The Balaban J connectivity index is 2.07. The predicted octanol–water partition coefficient (Wildman–Crippen LogP) is 3.00. The Labute approximate surface area is 107 Å². The highest BCUT2D eigenvalue weighted by atomic mass is 79.9. The molecule has 17 heavy (non-hydrogen) atoms. The number of rotatable bonds is 1. The second-order valence-electron chi connectivity index (χ2n) is 4.54. The fraction of sp³-hybridized carbons (Fsp3) is 0.417. The average Bonchev–Trinajstić information content (AvgIpc) is 2.85. The van der Waals surface area contributed by atoms with Crippen LogP contribution in [0.1, 0.15) is 24.6 Å². The smallest absolute Gasteiger partial charge is 0.142 e. The second kappa shape index (κ2) is 4.07. The van der Waals surface area contributed by atoms with E-state index in [1.165, 1.54) is 12.5 Å². The van der Waals surface area contributed by atoms with Crippen LogP contribution in [0.2, 0.25) is 0 Å². The van der Waals surface area contributed by atoms with Crippen LogP contribution in [0.4, 0.5) is 4.39 Å². The summed E-state index contributed by atoms with van der Waals surface area (Å²) in [6.45, 7) is 1.11. The van der Waals surface area contributed by atoms with Gasteiger partial charge >= 0.3 is 0 Å². The van der Waals surface area contributed by atoms with Gasteiger partial charge in [-0.3, -0.25) is 4.90 Å². The summed E-state index contributed by atoms with van der Waals surface area (Å²) < 4.78 is 15.7. The molecular weight excluding hydrogens is 285 g/mol. The van der Waals surface area contributed by atoms with Gasteiger partial charge in [-0.2, -0.15) is 0 Å². The molecule has 0 amide bonds. The molecule has 1 aliphatic heterocycles. The summed E-state index contributed by atoms with van der Waals surface area (Å²) in [7, 11) is 2.11. The Hall–Kier alpha value is -0.940. The minimum Gasteiger partial charge on any atom is -0.305 e. The van der Waals surface area contributed by atoms with Crippen molar-refractivity contribution in [1.29, 1.82) is 0 Å². The number of fused-ring (bicyclic) bond motifs is 1. The van der Waals surface area contributed by atoms with Gasteiger partial charge in [-0.15, -0.1) is 0 Å². The minimum absolute atomic E-state index is 0.269. The van der Waals surface area contributed by atoms with Crippen LogP contribution in [-0.4, -0.2) is 27.9 Å². The summed E-state index contributed by atoms with van der Waals surface area (Å²) in [6.07, 6.45) is 6.04. The average molecular weight is 298 g/mol. The normalized spacial score (nSPS) is 21.5. The van der Waals surface area contributed by atoms with Crippen LogP contribution in [0.25, 0.3) is 5.65 Å². The standard InChI is InChI=1S/C12H13BrFN3/c1-16-4-2-3-11(16)10-7-17-6-8(13)9(14)5-12(17)15-10/h5-7,11H,2-4H2,1H3/t11-/m1/s1. The van der Waals surface area contributed by atoms with E-state index in [0.717, 1.165) is 18.7 Å². The third-order valence-electron chi connectivity index (χ3n) is 3.38. The molecule has 90 valence electrons. The molecule has 0 radical (unpaired) electrons. The number of hydrogen-bond acceptors (Lipinski definition) is 2. The SMILES string of the molecule is CN1CCC[C@@H]1c1cn2cc(Br)c(F)cc2n1. The van der Waals surface area contributed by atoms with E-state index in [2.05, 4.69) is 32.9 Å². The number of likely N-dealkylation sites (tertiary alicyclic amines) is 1. The maximum Gasteiger partial charge on any atom is 0.142 e. The second-order valence-corrected chi connectivity index (χ2v) is 5.39. The van der Waals surface area contributed by atoms with E-state index < -0.39 is 0 Å². The van der Waals surface area contributed by atoms with Crippen molar-refractivity contribution in [3.63, 3.8) is 0 Å². The van der Waals surface area contributed by atoms with E-state index in [1.807, 2.05) is 10.6 Å². The largest absolute Gasteiger partial charge is 0.305 e. The zero-order chi connectivity index (χ0) is 12.0. The van der Waals surface area contributed by atoms with Crippen molar-refractivity contribution in [3.8, 4) is 0 Å². The van der Waals surface area contributed by atoms with E-state index in [1.54, 1.807) is 6.20 Å². The molecule has 3 rings (SSSR count). The highest BCUT2D eigenvalue weighted by molar-refractivity contribution is 9.10. The van der Waals surface area contributed by atoms with Crippen LogP contribution in [0, 0.1) is 5.82 Å². The molecule has 0 N–H and O–H groups in total. The van der Waals surface area contributed by atoms with Gasteiger partial charge < -0.3 is 4.40 Å². The summed E-state index contributed by atoms with van der Waals surface area (Å²) >= 11 is 3.19. The van der Waals surface area contributed by atoms with Gasteiger partial charge in [0.15, 0.2) is 0 Å². The number of nitrogens with zero attached hydrogens (tertiary/aromatic N) is 3. The van der Waals surface area contributed by atoms with E-state index >= 15 is 0 Å². The first-order chi connectivity index (χ1) is 8.15. The van der Waals surface area contributed by atoms with Gasteiger partial charge in [0.2, 0.25) is 0 Å². The Bertz CT molecular complexity index is 527. The molecule has 3 nitrogen and oxygen atoms in total. The van der Waals surface area contributed by atoms with E-state index in [0.29, 0.717) is 16.2 Å². The van der Waals surface area contributed by atoms with Crippen molar-refractivity contribution in [2.45, 2.75) is 18.9 Å². The van der Waals surface area contributed by atoms with Crippen molar-refractivity contribution in [1.82, 2.24) is 14.3 Å². The molecule has 3 heterocycles. The molecule has 0 aromatic carbocycles. The van der Waals surface area contributed by atoms with Crippen LogP contribution in [-0.2, 0) is 0 Å². The lowest BCUT2D eigenvalue weighted by molar-refractivity contribution is 0.313. The molecule has 1 aliphatic rings. The number of pyridine rings is 1. The first-order valence-corrected chi connectivity index (χ1v) is 6.48. The third-order valence-corrected chi connectivity index (χ3v) is 3.96. The first-order valence-electron chi connectivity index (χ1n) is 5.69. The zero-order valence-electron chi connectivity index (χ0n) is 9.53. The van der Waals surface area contributed by atoms with Gasteiger partial charge in [-0.1, -0.05) is 0 Å². The van der Waals surface area contributed by atoms with E-state index in [-0.39, 0.29) is 5.82 Å². The zero-order valence-corrected chi connectivity index (χ0v) is 11.1. The van der Waals surface area contributed by atoms with Crippen molar-refractivity contribution < 1.29 is 4.39 Å². The fourth-order valence-electron chi connectivity index (χ4n) is 2.45. The molecule has 1 atom stereocenters. The molecule has 0 saturated carbocycles. The summed E-state index contributed by atoms with van der Waals surface area (Å²) in [6, 6.07) is 1.83. The third kappa shape index (κ3) is 1.87. The van der Waals surface area contributed by atoms with Crippen molar-refractivity contribution in [2.24, 2.45) is 0 Å². The van der Waals surface area contributed by atoms with E-state index in [9.17, 15) is 4.39 Å². The molecule has 5 heteroatoms. The summed E-state index contributed by atoms with van der Waals surface area (Å²) in [5.74, 6) is -0.269. The van der Waals surface area contributed by atoms with Crippen LogP contribution in [0.5, 0.6) is 0 Å².